The molecule has 1 N–H and O–H groups in total. The van der Waals surface area contributed by atoms with E-state index in [0.717, 1.165) is 38.2 Å². The average Bonchev–Trinajstić information content (AvgIpc) is 2.68. The van der Waals surface area contributed by atoms with Crippen LogP contribution in [0.25, 0.3) is 0 Å². The molecular weight excluding hydrogens is 366 g/mol. The summed E-state index contributed by atoms with van der Waals surface area (Å²) < 4.78 is 5.66. The maximum Gasteiger partial charge on any atom is 0.407 e. The molecule has 0 saturated carbocycles. The van der Waals surface area contributed by atoms with Gasteiger partial charge in [-0.15, -0.1) is 0 Å². The first-order valence-corrected chi connectivity index (χ1v) is 9.50. The summed E-state index contributed by atoms with van der Waals surface area (Å²) in [5.74, 6) is 0.734. The molecule has 1 aliphatic rings. The summed E-state index contributed by atoms with van der Waals surface area (Å²) in [6.07, 6.45) is 2.70. The van der Waals surface area contributed by atoms with Crippen molar-refractivity contribution in [3.63, 3.8) is 0 Å². The molecule has 0 spiro atoms. The predicted octanol–water partition coefficient (Wildman–Crippen LogP) is 3.54. The van der Waals surface area contributed by atoms with Gasteiger partial charge in [-0.1, -0.05) is 35.9 Å². The van der Waals surface area contributed by atoms with Crippen molar-refractivity contribution in [2.45, 2.75) is 19.4 Å². The lowest BCUT2D eigenvalue weighted by molar-refractivity contribution is 0.103. The summed E-state index contributed by atoms with van der Waals surface area (Å²) in [6.45, 7) is 4.22. The van der Waals surface area contributed by atoms with Crippen molar-refractivity contribution in [1.82, 2.24) is 14.8 Å². The van der Waals surface area contributed by atoms with E-state index in [2.05, 4.69) is 34.1 Å². The molecule has 1 aromatic carbocycles. The van der Waals surface area contributed by atoms with Gasteiger partial charge in [0.2, 0.25) is 0 Å². The Hall–Kier alpha value is -2.31. The van der Waals surface area contributed by atoms with Gasteiger partial charge in [0.05, 0.1) is 12.8 Å². The summed E-state index contributed by atoms with van der Waals surface area (Å²) in [6, 6.07) is 12.2. The Bertz CT molecular complexity index is 729. The Kier molecular flexibility index (Phi) is 6.90. The standard InChI is InChI=1S/C20H24ClN3O3/c21-19-8-7-18(14-22-19)27-13-1-2-16-3-5-17(6-4-16)15-23-9-11-24(12-10-23)20(25)26/h3-8,14H,1-2,9-13,15H2,(H,25,26). The molecular formula is C20H24ClN3O3. The van der Waals surface area contributed by atoms with Gasteiger partial charge in [0.1, 0.15) is 10.9 Å². The third-order valence-electron chi connectivity index (χ3n) is 4.65. The highest BCUT2D eigenvalue weighted by Crippen LogP contribution is 2.14. The van der Waals surface area contributed by atoms with Crippen molar-refractivity contribution in [3.05, 3.63) is 58.9 Å². The number of piperazine rings is 1. The number of pyridine rings is 1. The number of hydrogen-bond acceptors (Lipinski definition) is 4. The Morgan fingerprint density at radius 1 is 1.07 bits per heavy atom. The van der Waals surface area contributed by atoms with Gasteiger partial charge in [-0.25, -0.2) is 9.78 Å². The second kappa shape index (κ2) is 9.58. The van der Waals surface area contributed by atoms with Crippen LogP contribution in [0.2, 0.25) is 5.15 Å². The van der Waals surface area contributed by atoms with Crippen LogP contribution in [0.4, 0.5) is 4.79 Å². The molecule has 27 heavy (non-hydrogen) atoms. The lowest BCUT2D eigenvalue weighted by Crippen LogP contribution is -2.47. The molecule has 2 aromatic rings. The highest BCUT2D eigenvalue weighted by Gasteiger charge is 2.20. The number of amides is 1. The van der Waals surface area contributed by atoms with Crippen LogP contribution in [0, 0.1) is 0 Å². The van der Waals surface area contributed by atoms with Crippen LogP contribution in [-0.2, 0) is 13.0 Å². The SMILES string of the molecule is O=C(O)N1CCN(Cc2ccc(CCCOc3ccc(Cl)nc3)cc2)CC1. The minimum Gasteiger partial charge on any atom is -0.492 e. The number of nitrogens with zero attached hydrogens (tertiary/aromatic N) is 3. The number of benzene rings is 1. The van der Waals surface area contributed by atoms with E-state index in [1.165, 1.54) is 16.0 Å². The number of ether oxygens (including phenoxy) is 1. The molecule has 0 bridgehead atoms. The van der Waals surface area contributed by atoms with Gasteiger partial charge in [0, 0.05) is 32.7 Å². The van der Waals surface area contributed by atoms with Crippen LogP contribution in [0.15, 0.2) is 42.6 Å². The third kappa shape index (κ3) is 6.12. The number of carboxylic acid groups (broad SMARTS) is 1. The fourth-order valence-corrected chi connectivity index (χ4v) is 3.19. The molecule has 0 aliphatic carbocycles. The summed E-state index contributed by atoms with van der Waals surface area (Å²) >= 11 is 5.75. The van der Waals surface area contributed by atoms with Gasteiger partial charge in [0.15, 0.2) is 0 Å². The van der Waals surface area contributed by atoms with Crippen molar-refractivity contribution < 1.29 is 14.6 Å². The van der Waals surface area contributed by atoms with Gasteiger partial charge >= 0.3 is 6.09 Å². The quantitative estimate of drug-likeness (QED) is 0.579. The zero-order valence-corrected chi connectivity index (χ0v) is 15.9. The molecule has 144 valence electrons. The Morgan fingerprint density at radius 2 is 1.78 bits per heavy atom. The second-order valence-corrected chi connectivity index (χ2v) is 7.02. The lowest BCUT2D eigenvalue weighted by Gasteiger charge is -2.33. The van der Waals surface area contributed by atoms with E-state index in [1.54, 1.807) is 12.3 Å². The molecule has 6 nitrogen and oxygen atoms in total. The zero-order valence-electron chi connectivity index (χ0n) is 15.2. The molecule has 1 fully saturated rings. The van der Waals surface area contributed by atoms with Crippen LogP contribution in [0.1, 0.15) is 17.5 Å². The van der Waals surface area contributed by atoms with Crippen LogP contribution in [-0.4, -0.2) is 58.8 Å². The van der Waals surface area contributed by atoms with Crippen molar-refractivity contribution >= 4 is 17.7 Å². The summed E-state index contributed by atoms with van der Waals surface area (Å²) in [4.78, 5) is 18.7. The van der Waals surface area contributed by atoms with E-state index in [0.29, 0.717) is 24.8 Å². The molecule has 7 heteroatoms. The highest BCUT2D eigenvalue weighted by molar-refractivity contribution is 6.29. The largest absolute Gasteiger partial charge is 0.492 e. The number of carbonyl (C=O) groups is 1. The van der Waals surface area contributed by atoms with E-state index >= 15 is 0 Å². The molecule has 0 unspecified atom stereocenters. The number of hydrogen-bond donors (Lipinski definition) is 1. The summed E-state index contributed by atoms with van der Waals surface area (Å²) in [5.41, 5.74) is 2.54. The third-order valence-corrected chi connectivity index (χ3v) is 4.87. The summed E-state index contributed by atoms with van der Waals surface area (Å²) in [5, 5.41) is 9.46. The van der Waals surface area contributed by atoms with Crippen LogP contribution >= 0.6 is 11.6 Å². The monoisotopic (exact) mass is 389 g/mol. The predicted molar refractivity (Wildman–Crippen MR) is 104 cm³/mol. The highest BCUT2D eigenvalue weighted by atomic mass is 35.5. The number of aryl methyl sites for hydroxylation is 1. The Morgan fingerprint density at radius 3 is 2.41 bits per heavy atom. The van der Waals surface area contributed by atoms with Gasteiger partial charge in [-0.2, -0.15) is 0 Å². The Balaban J connectivity index is 1.37. The molecule has 0 radical (unpaired) electrons. The fraction of sp³-hybridized carbons (Fsp3) is 0.400. The van der Waals surface area contributed by atoms with Crippen molar-refractivity contribution in [2.75, 3.05) is 32.8 Å². The maximum atomic E-state index is 10.9. The van der Waals surface area contributed by atoms with Gasteiger partial charge in [-0.3, -0.25) is 4.90 Å². The molecule has 1 aliphatic heterocycles. The van der Waals surface area contributed by atoms with Gasteiger partial charge in [-0.05, 0) is 36.1 Å². The number of aromatic nitrogens is 1. The topological polar surface area (TPSA) is 65.9 Å². The lowest BCUT2D eigenvalue weighted by atomic mass is 10.1. The molecule has 3 rings (SSSR count). The Labute approximate surface area is 164 Å². The van der Waals surface area contributed by atoms with E-state index < -0.39 is 6.09 Å². The normalized spacial score (nSPS) is 14.9. The van der Waals surface area contributed by atoms with E-state index in [9.17, 15) is 4.79 Å². The summed E-state index contributed by atoms with van der Waals surface area (Å²) in [7, 11) is 0. The maximum absolute atomic E-state index is 10.9. The average molecular weight is 390 g/mol. The first-order valence-electron chi connectivity index (χ1n) is 9.12. The molecule has 2 heterocycles. The minimum absolute atomic E-state index is 0.464. The van der Waals surface area contributed by atoms with Crippen molar-refractivity contribution in [1.29, 1.82) is 0 Å². The van der Waals surface area contributed by atoms with Crippen LogP contribution in [0.5, 0.6) is 5.75 Å². The van der Waals surface area contributed by atoms with E-state index in [4.69, 9.17) is 21.4 Å². The first-order chi connectivity index (χ1) is 13.1. The minimum atomic E-state index is -0.824. The van der Waals surface area contributed by atoms with Crippen molar-refractivity contribution in [2.24, 2.45) is 0 Å². The zero-order chi connectivity index (χ0) is 19.1. The fourth-order valence-electron chi connectivity index (χ4n) is 3.08. The smallest absolute Gasteiger partial charge is 0.407 e. The number of rotatable bonds is 7. The first kappa shape index (κ1) is 19.5. The molecule has 1 aromatic heterocycles. The van der Waals surface area contributed by atoms with Gasteiger partial charge in [0.25, 0.3) is 0 Å². The molecule has 0 atom stereocenters. The van der Waals surface area contributed by atoms with Crippen LogP contribution in [0.3, 0.4) is 0 Å². The second-order valence-electron chi connectivity index (χ2n) is 6.63. The van der Waals surface area contributed by atoms with Crippen LogP contribution < -0.4 is 4.74 Å². The number of halogens is 1. The molecule has 1 saturated heterocycles. The van der Waals surface area contributed by atoms with E-state index in [1.807, 2.05) is 6.07 Å². The van der Waals surface area contributed by atoms with Gasteiger partial charge < -0.3 is 14.7 Å². The van der Waals surface area contributed by atoms with E-state index in [-0.39, 0.29) is 0 Å². The molecule has 1 amide bonds. The van der Waals surface area contributed by atoms with Crippen molar-refractivity contribution in [3.8, 4) is 5.75 Å².